The van der Waals surface area contributed by atoms with Gasteiger partial charge in [-0.2, -0.15) is 0 Å². The lowest BCUT2D eigenvalue weighted by molar-refractivity contribution is 0.741. The highest BCUT2D eigenvalue weighted by Crippen LogP contribution is 2.14. The van der Waals surface area contributed by atoms with Gasteiger partial charge in [0, 0.05) is 6.04 Å². The van der Waals surface area contributed by atoms with E-state index < -0.39 is 0 Å². The van der Waals surface area contributed by atoms with Gasteiger partial charge in [-0.3, -0.25) is 0 Å². The lowest BCUT2D eigenvalue weighted by atomic mass is 10.0. The van der Waals surface area contributed by atoms with Crippen LogP contribution in [0, 0.1) is 6.92 Å². The molecule has 0 aliphatic carbocycles. The van der Waals surface area contributed by atoms with Crippen molar-refractivity contribution in [1.29, 1.82) is 0 Å². The molecule has 1 rings (SSSR count). The van der Waals surface area contributed by atoms with Crippen LogP contribution in [0.5, 0.6) is 0 Å². The van der Waals surface area contributed by atoms with E-state index in [1.54, 1.807) is 0 Å². The van der Waals surface area contributed by atoms with Gasteiger partial charge in [0.15, 0.2) is 0 Å². The number of halogens is 1. The molecule has 2 heteroatoms. The monoisotopic (exact) mass is 197 g/mol. The first-order valence-electron chi connectivity index (χ1n) is 4.17. The molecular formula is C11H16ClN. The van der Waals surface area contributed by atoms with Crippen molar-refractivity contribution < 1.29 is 0 Å². The molecule has 0 spiro atoms. The van der Waals surface area contributed by atoms with Crippen LogP contribution in [0.1, 0.15) is 23.6 Å². The van der Waals surface area contributed by atoms with Gasteiger partial charge in [-0.1, -0.05) is 35.9 Å². The Bertz CT molecular complexity index is 271. The van der Waals surface area contributed by atoms with Crippen LogP contribution in [0.3, 0.4) is 0 Å². The van der Waals surface area contributed by atoms with Crippen LogP contribution in [0.4, 0.5) is 0 Å². The molecule has 0 bridgehead atoms. The maximum absolute atomic E-state index is 5.90. The molecule has 0 radical (unpaired) electrons. The molecule has 0 aliphatic rings. The summed E-state index contributed by atoms with van der Waals surface area (Å²) in [6.45, 7) is 5.74. The molecule has 1 nitrogen and oxygen atoms in total. The lowest BCUT2D eigenvalue weighted by Gasteiger charge is -2.09. The quantitative estimate of drug-likeness (QED) is 0.741. The molecular weight excluding hydrogens is 182 g/mol. The normalized spacial score (nSPS) is 11.5. The molecule has 72 valence electrons. The minimum Gasteiger partial charge on any atom is -0.324 e. The minimum absolute atomic E-state index is 0. The van der Waals surface area contributed by atoms with E-state index in [2.05, 4.69) is 31.7 Å². The average Bonchev–Trinajstić information content (AvgIpc) is 2.05. The molecule has 0 amide bonds. The van der Waals surface area contributed by atoms with Crippen LogP contribution >= 0.6 is 12.4 Å². The van der Waals surface area contributed by atoms with E-state index in [1.165, 1.54) is 11.1 Å². The zero-order chi connectivity index (χ0) is 8.97. The highest BCUT2D eigenvalue weighted by Gasteiger charge is 2.02. The predicted octanol–water partition coefficient (Wildman–Crippen LogP) is 2.99. The van der Waals surface area contributed by atoms with Gasteiger partial charge in [0.2, 0.25) is 0 Å². The number of nitrogens with two attached hydrogens (primary N) is 1. The Kier molecular flexibility index (Phi) is 5.44. The molecule has 0 saturated carbocycles. The van der Waals surface area contributed by atoms with Gasteiger partial charge < -0.3 is 5.73 Å². The summed E-state index contributed by atoms with van der Waals surface area (Å²) in [5.74, 6) is 0. The van der Waals surface area contributed by atoms with E-state index in [1.807, 2.05) is 12.1 Å². The van der Waals surface area contributed by atoms with Crippen molar-refractivity contribution in [1.82, 2.24) is 0 Å². The molecule has 0 saturated heterocycles. The molecule has 2 N–H and O–H groups in total. The second kappa shape index (κ2) is 5.79. The molecule has 1 aromatic carbocycles. The number of aryl methyl sites for hydroxylation is 1. The third-order valence-corrected chi connectivity index (χ3v) is 1.89. The van der Waals surface area contributed by atoms with Gasteiger partial charge in [0.25, 0.3) is 0 Å². The highest BCUT2D eigenvalue weighted by atomic mass is 35.5. The van der Waals surface area contributed by atoms with Crippen LogP contribution in [-0.4, -0.2) is 0 Å². The Morgan fingerprint density at radius 1 is 1.54 bits per heavy atom. The predicted molar refractivity (Wildman–Crippen MR) is 60.2 cm³/mol. The molecule has 13 heavy (non-hydrogen) atoms. The van der Waals surface area contributed by atoms with E-state index >= 15 is 0 Å². The van der Waals surface area contributed by atoms with Crippen molar-refractivity contribution in [3.05, 3.63) is 48.0 Å². The third-order valence-electron chi connectivity index (χ3n) is 1.89. The van der Waals surface area contributed by atoms with Gasteiger partial charge in [0.05, 0.1) is 0 Å². The third kappa shape index (κ3) is 3.62. The molecule has 1 aromatic rings. The van der Waals surface area contributed by atoms with Crippen LogP contribution in [0.2, 0.25) is 0 Å². The molecule has 0 aromatic heterocycles. The first-order chi connectivity index (χ1) is 5.74. The van der Waals surface area contributed by atoms with Gasteiger partial charge in [0.1, 0.15) is 0 Å². The van der Waals surface area contributed by atoms with Gasteiger partial charge in [-0.25, -0.2) is 0 Å². The summed E-state index contributed by atoms with van der Waals surface area (Å²) in [7, 11) is 0. The fraction of sp³-hybridized carbons (Fsp3) is 0.273. The first kappa shape index (κ1) is 12.2. The second-order valence-electron chi connectivity index (χ2n) is 3.05. The molecule has 0 fully saturated rings. The Morgan fingerprint density at radius 3 is 2.77 bits per heavy atom. The van der Waals surface area contributed by atoms with Gasteiger partial charge in [-0.15, -0.1) is 19.0 Å². The Balaban J connectivity index is 0.00000144. The number of benzene rings is 1. The summed E-state index contributed by atoms with van der Waals surface area (Å²) in [4.78, 5) is 0. The fourth-order valence-electron chi connectivity index (χ4n) is 1.22. The van der Waals surface area contributed by atoms with E-state index in [4.69, 9.17) is 5.73 Å². The number of hydrogen-bond acceptors (Lipinski definition) is 1. The van der Waals surface area contributed by atoms with Crippen molar-refractivity contribution >= 4 is 12.4 Å². The number of hydrogen-bond donors (Lipinski definition) is 1. The summed E-state index contributed by atoms with van der Waals surface area (Å²) in [6, 6.07) is 8.38. The summed E-state index contributed by atoms with van der Waals surface area (Å²) in [5.41, 5.74) is 8.35. The Labute approximate surface area is 86.1 Å². The largest absolute Gasteiger partial charge is 0.324 e. The second-order valence-corrected chi connectivity index (χ2v) is 3.05. The molecule has 0 aliphatic heterocycles. The zero-order valence-electron chi connectivity index (χ0n) is 7.86. The fourth-order valence-corrected chi connectivity index (χ4v) is 1.22. The van der Waals surface area contributed by atoms with Crippen LogP contribution in [-0.2, 0) is 0 Å². The Morgan fingerprint density at radius 2 is 2.23 bits per heavy atom. The van der Waals surface area contributed by atoms with Crippen molar-refractivity contribution in [2.75, 3.05) is 0 Å². The Hall–Kier alpha value is -0.790. The summed E-state index contributed by atoms with van der Waals surface area (Å²) in [5, 5.41) is 0. The number of rotatable bonds is 3. The molecule has 1 atom stereocenters. The van der Waals surface area contributed by atoms with Crippen molar-refractivity contribution in [3.63, 3.8) is 0 Å². The SMILES string of the molecule is C=CC[C@H](N)c1cccc(C)c1.Cl. The summed E-state index contributed by atoms with van der Waals surface area (Å²) in [6.07, 6.45) is 2.69. The van der Waals surface area contributed by atoms with E-state index in [0.29, 0.717) is 0 Å². The summed E-state index contributed by atoms with van der Waals surface area (Å²) >= 11 is 0. The average molecular weight is 198 g/mol. The highest BCUT2D eigenvalue weighted by molar-refractivity contribution is 5.85. The lowest BCUT2D eigenvalue weighted by Crippen LogP contribution is -2.08. The maximum atomic E-state index is 5.90. The standard InChI is InChI=1S/C11H15N.ClH/c1-3-5-11(12)10-7-4-6-9(2)8-10;/h3-4,6-8,11H,1,5,12H2,2H3;1H/t11-;/m0./s1. The van der Waals surface area contributed by atoms with E-state index in [-0.39, 0.29) is 18.4 Å². The minimum atomic E-state index is 0. The topological polar surface area (TPSA) is 26.0 Å². The van der Waals surface area contributed by atoms with E-state index in [9.17, 15) is 0 Å². The zero-order valence-corrected chi connectivity index (χ0v) is 8.68. The molecule has 0 unspecified atom stereocenters. The van der Waals surface area contributed by atoms with Crippen LogP contribution in [0.25, 0.3) is 0 Å². The van der Waals surface area contributed by atoms with Gasteiger partial charge >= 0.3 is 0 Å². The summed E-state index contributed by atoms with van der Waals surface area (Å²) < 4.78 is 0. The molecule has 0 heterocycles. The van der Waals surface area contributed by atoms with E-state index in [0.717, 1.165) is 6.42 Å². The van der Waals surface area contributed by atoms with Crippen molar-refractivity contribution in [2.45, 2.75) is 19.4 Å². The maximum Gasteiger partial charge on any atom is 0.0329 e. The first-order valence-corrected chi connectivity index (χ1v) is 4.17. The van der Waals surface area contributed by atoms with Crippen molar-refractivity contribution in [3.8, 4) is 0 Å². The van der Waals surface area contributed by atoms with Gasteiger partial charge in [-0.05, 0) is 18.9 Å². The van der Waals surface area contributed by atoms with Crippen molar-refractivity contribution in [2.24, 2.45) is 5.73 Å². The van der Waals surface area contributed by atoms with Crippen LogP contribution in [0.15, 0.2) is 36.9 Å². The van der Waals surface area contributed by atoms with Crippen LogP contribution < -0.4 is 5.73 Å². The smallest absolute Gasteiger partial charge is 0.0329 e.